The van der Waals surface area contributed by atoms with Crippen LogP contribution < -0.4 is 0 Å². The quantitative estimate of drug-likeness (QED) is 0.0362. The number of carbonyl (C=O) groups is 2. The summed E-state index contributed by atoms with van der Waals surface area (Å²) < 4.78 is 31.7. The minimum Gasteiger partial charge on any atom is -0.462 e. The van der Waals surface area contributed by atoms with E-state index in [4.69, 9.17) is 14.0 Å². The van der Waals surface area contributed by atoms with Crippen molar-refractivity contribution < 1.29 is 37.6 Å². The molecule has 1 N–H and O–H groups in total. The number of unbranched alkanes of at least 4 members (excludes halogenated alkanes) is 13. The first kappa shape index (κ1) is 41.3. The van der Waals surface area contributed by atoms with Crippen molar-refractivity contribution in [1.29, 1.82) is 0 Å². The first-order valence-electron chi connectivity index (χ1n) is 16.7. The van der Waals surface area contributed by atoms with Gasteiger partial charge >= 0.3 is 19.8 Å². The lowest BCUT2D eigenvalue weighted by molar-refractivity contribution is -0.161. The number of hydrogen-bond donors (Lipinski definition) is 1. The van der Waals surface area contributed by atoms with E-state index in [0.29, 0.717) is 6.42 Å². The summed E-state index contributed by atoms with van der Waals surface area (Å²) in [6, 6.07) is 0. The predicted octanol–water partition coefficient (Wildman–Crippen LogP) is 9.72. The van der Waals surface area contributed by atoms with Gasteiger partial charge in [0.1, 0.15) is 6.61 Å². The zero-order valence-electron chi connectivity index (χ0n) is 27.3. The Morgan fingerprint density at radius 3 is 1.77 bits per heavy atom. The van der Waals surface area contributed by atoms with Crippen LogP contribution in [0.25, 0.3) is 0 Å². The highest BCUT2D eigenvalue weighted by Gasteiger charge is 2.24. The van der Waals surface area contributed by atoms with Crippen LogP contribution in [0.2, 0.25) is 0 Å². The molecule has 0 aliphatic heterocycles. The maximum atomic E-state index is 12.4. The number of phosphoric acid groups is 1. The molecule has 0 fully saturated rings. The molecule has 0 saturated carbocycles. The zero-order chi connectivity index (χ0) is 31.9. The van der Waals surface area contributed by atoms with Crippen molar-refractivity contribution >= 4 is 19.8 Å². The fourth-order valence-electron chi connectivity index (χ4n) is 4.32. The van der Waals surface area contributed by atoms with E-state index in [1.807, 2.05) is 0 Å². The van der Waals surface area contributed by atoms with Gasteiger partial charge in [0, 0.05) is 20.0 Å². The van der Waals surface area contributed by atoms with Gasteiger partial charge in [-0.15, -0.1) is 0 Å². The van der Waals surface area contributed by atoms with Crippen molar-refractivity contribution in [3.05, 3.63) is 36.5 Å². The van der Waals surface area contributed by atoms with E-state index in [0.717, 1.165) is 64.9 Å². The molecule has 43 heavy (non-hydrogen) atoms. The molecule has 0 spiro atoms. The van der Waals surface area contributed by atoms with E-state index in [-0.39, 0.29) is 25.4 Å². The Balaban J connectivity index is 4.18. The van der Waals surface area contributed by atoms with Crippen molar-refractivity contribution in [2.75, 3.05) is 20.3 Å². The highest BCUT2D eigenvalue weighted by molar-refractivity contribution is 7.47. The van der Waals surface area contributed by atoms with Crippen molar-refractivity contribution in [1.82, 2.24) is 0 Å². The third-order valence-electron chi connectivity index (χ3n) is 6.90. The summed E-state index contributed by atoms with van der Waals surface area (Å²) in [6.45, 7) is 3.71. The number of esters is 2. The lowest BCUT2D eigenvalue weighted by Crippen LogP contribution is -2.29. The van der Waals surface area contributed by atoms with Gasteiger partial charge in [-0.05, 0) is 44.9 Å². The van der Waals surface area contributed by atoms with Gasteiger partial charge in [0.2, 0.25) is 0 Å². The molecular formula is C34H61O8P. The maximum Gasteiger partial charge on any atom is 0.472 e. The van der Waals surface area contributed by atoms with Gasteiger partial charge in [-0.25, -0.2) is 4.57 Å². The lowest BCUT2D eigenvalue weighted by atomic mass is 10.1. The molecular weight excluding hydrogens is 567 g/mol. The average molecular weight is 629 g/mol. The average Bonchev–Trinajstić information content (AvgIpc) is 2.99. The second-order valence-corrected chi connectivity index (χ2v) is 12.5. The number of carbonyl (C=O) groups excluding carboxylic acids is 2. The van der Waals surface area contributed by atoms with E-state index in [1.54, 1.807) is 0 Å². The second-order valence-electron chi connectivity index (χ2n) is 10.9. The summed E-state index contributed by atoms with van der Waals surface area (Å²) in [5.74, 6) is -0.842. The van der Waals surface area contributed by atoms with Crippen LogP contribution in [0.1, 0.15) is 142 Å². The van der Waals surface area contributed by atoms with Crippen LogP contribution in [-0.2, 0) is 32.7 Å². The van der Waals surface area contributed by atoms with Crippen molar-refractivity contribution in [2.24, 2.45) is 0 Å². The molecule has 0 saturated heterocycles. The van der Waals surface area contributed by atoms with Crippen LogP contribution in [0.3, 0.4) is 0 Å². The summed E-state index contributed by atoms with van der Waals surface area (Å²) in [5, 5.41) is 0. The van der Waals surface area contributed by atoms with Gasteiger partial charge in [-0.1, -0.05) is 121 Å². The molecule has 0 aliphatic carbocycles. The van der Waals surface area contributed by atoms with E-state index in [1.165, 1.54) is 51.4 Å². The Kier molecular flexibility index (Phi) is 29.1. The molecule has 9 heteroatoms. The smallest absolute Gasteiger partial charge is 0.462 e. The third-order valence-corrected chi connectivity index (χ3v) is 7.84. The molecule has 0 amide bonds. The van der Waals surface area contributed by atoms with Gasteiger partial charge < -0.3 is 14.4 Å². The Morgan fingerprint density at radius 2 is 1.19 bits per heavy atom. The Hall–Kier alpha value is -1.73. The van der Waals surface area contributed by atoms with Crippen LogP contribution in [-0.4, -0.2) is 43.3 Å². The van der Waals surface area contributed by atoms with Crippen LogP contribution >= 0.6 is 7.82 Å². The van der Waals surface area contributed by atoms with Crippen LogP contribution in [0.15, 0.2) is 36.5 Å². The number of allylic oxidation sites excluding steroid dienone is 6. The number of hydrogen-bond acceptors (Lipinski definition) is 7. The third kappa shape index (κ3) is 30.1. The topological polar surface area (TPSA) is 108 Å². The molecule has 250 valence electrons. The highest BCUT2D eigenvalue weighted by Crippen LogP contribution is 2.42. The molecule has 0 aliphatic rings. The fourth-order valence-corrected chi connectivity index (χ4v) is 4.78. The standard InChI is InChI=1S/C34H61O8P/c1-4-6-8-10-12-14-16-17-19-21-23-25-27-29-34(36)42-32(31-41-43(37,38)39-3)30-40-33(35)28-26-24-22-20-18-15-13-11-9-7-5-2/h6,8,12,14,17,19,32H,4-5,7,9-11,13,15-16,18,20-31H2,1-3H3,(H,37,38)/b8-6-,14-12-,19-17-. The van der Waals surface area contributed by atoms with E-state index in [9.17, 15) is 19.0 Å². The molecule has 8 nitrogen and oxygen atoms in total. The summed E-state index contributed by atoms with van der Waals surface area (Å²) in [7, 11) is -3.21. The minimum atomic E-state index is -4.26. The highest BCUT2D eigenvalue weighted by atomic mass is 31.2. The molecule has 0 bridgehead atoms. The Morgan fingerprint density at radius 1 is 0.674 bits per heavy atom. The van der Waals surface area contributed by atoms with Crippen molar-refractivity contribution in [2.45, 2.75) is 148 Å². The van der Waals surface area contributed by atoms with Crippen LogP contribution in [0.4, 0.5) is 0 Å². The van der Waals surface area contributed by atoms with Crippen LogP contribution in [0.5, 0.6) is 0 Å². The maximum absolute atomic E-state index is 12.4. The largest absolute Gasteiger partial charge is 0.472 e. The van der Waals surface area contributed by atoms with Gasteiger partial charge in [0.05, 0.1) is 6.61 Å². The molecule has 0 heterocycles. The number of phosphoric ester groups is 1. The second kappa shape index (κ2) is 30.3. The lowest BCUT2D eigenvalue weighted by Gasteiger charge is -2.19. The van der Waals surface area contributed by atoms with Gasteiger partial charge in [0.25, 0.3) is 0 Å². The summed E-state index contributed by atoms with van der Waals surface area (Å²) in [6.07, 6.45) is 32.0. The van der Waals surface area contributed by atoms with E-state index >= 15 is 0 Å². The Bertz CT molecular complexity index is 808. The predicted molar refractivity (Wildman–Crippen MR) is 175 cm³/mol. The van der Waals surface area contributed by atoms with E-state index in [2.05, 4.69) is 54.8 Å². The number of ether oxygens (including phenoxy) is 2. The van der Waals surface area contributed by atoms with Crippen LogP contribution in [0, 0.1) is 0 Å². The first-order chi connectivity index (χ1) is 20.8. The van der Waals surface area contributed by atoms with Gasteiger partial charge in [-0.2, -0.15) is 0 Å². The van der Waals surface area contributed by atoms with Gasteiger partial charge in [0.15, 0.2) is 6.10 Å². The van der Waals surface area contributed by atoms with E-state index < -0.39 is 26.5 Å². The Labute approximate surface area is 262 Å². The minimum absolute atomic E-state index is 0.210. The summed E-state index contributed by atoms with van der Waals surface area (Å²) in [4.78, 5) is 34.1. The monoisotopic (exact) mass is 628 g/mol. The SMILES string of the molecule is CC/C=C\C/C=C\C/C=C\CCCCCC(=O)OC(COC(=O)CCCCCCCCCCCCC)COP(=O)(O)OC. The molecule has 0 aromatic rings. The van der Waals surface area contributed by atoms with Crippen molar-refractivity contribution in [3.8, 4) is 0 Å². The van der Waals surface area contributed by atoms with Gasteiger partial charge in [-0.3, -0.25) is 18.6 Å². The normalized spacial score (nSPS) is 14.0. The molecule has 0 aromatic carbocycles. The molecule has 2 atom stereocenters. The molecule has 0 rings (SSSR count). The summed E-state index contributed by atoms with van der Waals surface area (Å²) >= 11 is 0. The fraction of sp³-hybridized carbons (Fsp3) is 0.765. The number of rotatable bonds is 30. The van der Waals surface area contributed by atoms with Crippen molar-refractivity contribution in [3.63, 3.8) is 0 Å². The first-order valence-corrected chi connectivity index (χ1v) is 18.2. The molecule has 0 aromatic heterocycles. The molecule has 2 unspecified atom stereocenters. The molecule has 0 radical (unpaired) electrons. The summed E-state index contributed by atoms with van der Waals surface area (Å²) in [5.41, 5.74) is 0. The zero-order valence-corrected chi connectivity index (χ0v) is 28.2.